The first-order valence-corrected chi connectivity index (χ1v) is 9.86. The number of hydrogen-bond acceptors (Lipinski definition) is 2. The number of halogens is 1. The third-order valence-corrected chi connectivity index (χ3v) is 4.74. The fourth-order valence-corrected chi connectivity index (χ4v) is 2.81. The molecule has 0 saturated heterocycles. The van der Waals surface area contributed by atoms with Gasteiger partial charge in [0.05, 0.1) is 0 Å². The minimum atomic E-state index is -0.115. The lowest BCUT2D eigenvalue weighted by Gasteiger charge is -2.07. The van der Waals surface area contributed by atoms with Crippen LogP contribution in [0.15, 0.2) is 83.3 Å². The van der Waals surface area contributed by atoms with Crippen LogP contribution in [-0.4, -0.2) is 5.91 Å². The molecule has 0 fully saturated rings. The van der Waals surface area contributed by atoms with E-state index in [2.05, 4.69) is 21.2 Å². The normalized spacial score (nSPS) is 10.8. The molecular formula is C24H22BrNO2. The molecule has 28 heavy (non-hydrogen) atoms. The van der Waals surface area contributed by atoms with Crippen molar-refractivity contribution in [2.45, 2.75) is 20.1 Å². The summed E-state index contributed by atoms with van der Waals surface area (Å²) in [7, 11) is 0. The number of hydrogen-bond donors (Lipinski definition) is 1. The molecule has 0 radical (unpaired) electrons. The number of benzene rings is 3. The van der Waals surface area contributed by atoms with Crippen molar-refractivity contribution in [3.05, 3.63) is 106 Å². The number of ether oxygens (including phenoxy) is 1. The summed E-state index contributed by atoms with van der Waals surface area (Å²) in [5.41, 5.74) is 4.35. The highest BCUT2D eigenvalue weighted by molar-refractivity contribution is 9.10. The van der Waals surface area contributed by atoms with Gasteiger partial charge in [-0.15, -0.1) is 0 Å². The van der Waals surface area contributed by atoms with Crippen molar-refractivity contribution in [1.29, 1.82) is 0 Å². The zero-order valence-electron chi connectivity index (χ0n) is 15.7. The smallest absolute Gasteiger partial charge is 0.244 e. The molecule has 3 rings (SSSR count). The van der Waals surface area contributed by atoms with Crippen molar-refractivity contribution >= 4 is 27.9 Å². The first kappa shape index (κ1) is 19.9. The van der Waals surface area contributed by atoms with E-state index < -0.39 is 0 Å². The van der Waals surface area contributed by atoms with Gasteiger partial charge in [-0.1, -0.05) is 70.0 Å². The summed E-state index contributed by atoms with van der Waals surface area (Å²) in [5, 5.41) is 2.89. The second kappa shape index (κ2) is 9.90. The highest BCUT2D eigenvalue weighted by atomic mass is 79.9. The topological polar surface area (TPSA) is 38.3 Å². The molecule has 0 saturated carbocycles. The van der Waals surface area contributed by atoms with Crippen LogP contribution in [0.2, 0.25) is 0 Å². The molecule has 1 amide bonds. The van der Waals surface area contributed by atoms with E-state index >= 15 is 0 Å². The quantitative estimate of drug-likeness (QED) is 0.485. The molecule has 0 spiro atoms. The molecule has 0 aromatic heterocycles. The SMILES string of the molecule is Cc1ccc(CNC(=O)C=Cc2ccc(OCc3ccc(Br)cc3)cc2)cc1. The fourth-order valence-electron chi connectivity index (χ4n) is 2.55. The standard InChI is InChI=1S/C24H22BrNO2/c1-18-2-4-20(5-3-18)16-26-24(27)15-10-19-8-13-23(14-9-19)28-17-21-6-11-22(25)12-7-21/h2-15H,16-17H2,1H3,(H,26,27). The lowest BCUT2D eigenvalue weighted by atomic mass is 10.1. The third kappa shape index (κ3) is 6.39. The van der Waals surface area contributed by atoms with Crippen molar-refractivity contribution in [2.24, 2.45) is 0 Å². The summed E-state index contributed by atoms with van der Waals surface area (Å²) in [6, 6.07) is 23.8. The number of carbonyl (C=O) groups is 1. The Morgan fingerprint density at radius 3 is 2.25 bits per heavy atom. The Morgan fingerprint density at radius 2 is 1.57 bits per heavy atom. The lowest BCUT2D eigenvalue weighted by molar-refractivity contribution is -0.116. The van der Waals surface area contributed by atoms with Crippen LogP contribution in [-0.2, 0) is 17.9 Å². The third-order valence-electron chi connectivity index (χ3n) is 4.21. The Labute approximate surface area is 174 Å². The van der Waals surface area contributed by atoms with E-state index in [1.54, 1.807) is 12.2 Å². The van der Waals surface area contributed by atoms with Gasteiger partial charge in [0.15, 0.2) is 0 Å². The Bertz CT molecular complexity index is 930. The Kier molecular flexibility index (Phi) is 7.04. The minimum absolute atomic E-state index is 0.115. The number of carbonyl (C=O) groups excluding carboxylic acids is 1. The van der Waals surface area contributed by atoms with Gasteiger partial charge < -0.3 is 10.1 Å². The van der Waals surface area contributed by atoms with E-state index in [4.69, 9.17) is 4.74 Å². The minimum Gasteiger partial charge on any atom is -0.489 e. The first-order chi connectivity index (χ1) is 13.6. The van der Waals surface area contributed by atoms with Crippen LogP contribution in [0.1, 0.15) is 22.3 Å². The second-order valence-electron chi connectivity index (χ2n) is 6.52. The largest absolute Gasteiger partial charge is 0.489 e. The molecule has 3 nitrogen and oxygen atoms in total. The van der Waals surface area contributed by atoms with Crippen LogP contribution >= 0.6 is 15.9 Å². The predicted octanol–water partition coefficient (Wildman–Crippen LogP) is 5.67. The number of nitrogens with one attached hydrogen (secondary N) is 1. The molecule has 0 bridgehead atoms. The molecule has 3 aromatic carbocycles. The lowest BCUT2D eigenvalue weighted by Crippen LogP contribution is -2.20. The van der Waals surface area contributed by atoms with E-state index in [1.807, 2.05) is 79.7 Å². The zero-order chi connectivity index (χ0) is 19.8. The molecule has 0 unspecified atom stereocenters. The second-order valence-corrected chi connectivity index (χ2v) is 7.44. The van der Waals surface area contributed by atoms with Gasteiger partial charge in [-0.05, 0) is 54.0 Å². The van der Waals surface area contributed by atoms with Gasteiger partial charge in [0.1, 0.15) is 12.4 Å². The Balaban J connectivity index is 1.46. The van der Waals surface area contributed by atoms with E-state index in [9.17, 15) is 4.79 Å². The van der Waals surface area contributed by atoms with Crippen molar-refractivity contribution in [3.8, 4) is 5.75 Å². The van der Waals surface area contributed by atoms with Gasteiger partial charge in [0.2, 0.25) is 5.91 Å². The van der Waals surface area contributed by atoms with Gasteiger partial charge in [0.25, 0.3) is 0 Å². The first-order valence-electron chi connectivity index (χ1n) is 9.07. The molecule has 0 atom stereocenters. The van der Waals surface area contributed by atoms with E-state index in [0.29, 0.717) is 13.2 Å². The van der Waals surface area contributed by atoms with E-state index in [1.165, 1.54) is 5.56 Å². The zero-order valence-corrected chi connectivity index (χ0v) is 17.3. The van der Waals surface area contributed by atoms with Gasteiger partial charge >= 0.3 is 0 Å². The summed E-state index contributed by atoms with van der Waals surface area (Å²) in [5.74, 6) is 0.681. The molecule has 1 N–H and O–H groups in total. The molecule has 3 aromatic rings. The van der Waals surface area contributed by atoms with E-state index in [0.717, 1.165) is 26.9 Å². The van der Waals surface area contributed by atoms with Gasteiger partial charge in [-0.25, -0.2) is 0 Å². The van der Waals surface area contributed by atoms with E-state index in [-0.39, 0.29) is 5.91 Å². The summed E-state index contributed by atoms with van der Waals surface area (Å²) in [4.78, 5) is 12.0. The number of amides is 1. The summed E-state index contributed by atoms with van der Waals surface area (Å²) in [6.45, 7) is 3.08. The number of rotatable bonds is 7. The van der Waals surface area contributed by atoms with Crippen molar-refractivity contribution in [1.82, 2.24) is 5.32 Å². The maximum Gasteiger partial charge on any atom is 0.244 e. The van der Waals surface area contributed by atoms with Crippen LogP contribution in [0.25, 0.3) is 6.08 Å². The highest BCUT2D eigenvalue weighted by Gasteiger charge is 1.99. The predicted molar refractivity (Wildman–Crippen MR) is 117 cm³/mol. The molecule has 0 aliphatic heterocycles. The molecule has 0 aliphatic carbocycles. The Hall–Kier alpha value is -2.85. The average Bonchev–Trinajstić information content (AvgIpc) is 2.72. The van der Waals surface area contributed by atoms with Crippen molar-refractivity contribution in [3.63, 3.8) is 0 Å². The molecule has 0 heterocycles. The summed E-state index contributed by atoms with van der Waals surface area (Å²) in [6.07, 6.45) is 3.34. The Morgan fingerprint density at radius 1 is 0.929 bits per heavy atom. The maximum atomic E-state index is 12.0. The van der Waals surface area contributed by atoms with Crippen LogP contribution in [0, 0.1) is 6.92 Å². The molecular weight excluding hydrogens is 414 g/mol. The van der Waals surface area contributed by atoms with Gasteiger partial charge in [0, 0.05) is 17.1 Å². The molecule has 4 heteroatoms. The van der Waals surface area contributed by atoms with Crippen LogP contribution in [0.3, 0.4) is 0 Å². The summed E-state index contributed by atoms with van der Waals surface area (Å²) < 4.78 is 6.84. The van der Waals surface area contributed by atoms with Crippen LogP contribution in [0.4, 0.5) is 0 Å². The van der Waals surface area contributed by atoms with Crippen LogP contribution < -0.4 is 10.1 Å². The average molecular weight is 436 g/mol. The van der Waals surface area contributed by atoms with Crippen molar-refractivity contribution in [2.75, 3.05) is 0 Å². The molecule has 0 aliphatic rings. The van der Waals surface area contributed by atoms with Gasteiger partial charge in [-0.3, -0.25) is 4.79 Å². The highest BCUT2D eigenvalue weighted by Crippen LogP contribution is 2.16. The van der Waals surface area contributed by atoms with Crippen LogP contribution in [0.5, 0.6) is 5.75 Å². The maximum absolute atomic E-state index is 12.0. The summed E-state index contributed by atoms with van der Waals surface area (Å²) >= 11 is 3.42. The fraction of sp³-hybridized carbons (Fsp3) is 0.125. The number of aryl methyl sites for hydroxylation is 1. The van der Waals surface area contributed by atoms with Crippen molar-refractivity contribution < 1.29 is 9.53 Å². The molecule has 142 valence electrons. The van der Waals surface area contributed by atoms with Gasteiger partial charge in [-0.2, -0.15) is 0 Å². The monoisotopic (exact) mass is 435 g/mol.